The summed E-state index contributed by atoms with van der Waals surface area (Å²) in [6, 6.07) is 3.12. The quantitative estimate of drug-likeness (QED) is 0.708. The van der Waals surface area contributed by atoms with Gasteiger partial charge in [-0.05, 0) is 12.5 Å². The highest BCUT2D eigenvalue weighted by Gasteiger charge is 1.97. The number of aromatic nitrogens is 1. The Bertz CT molecular complexity index is 272. The molecule has 0 saturated heterocycles. The van der Waals surface area contributed by atoms with Gasteiger partial charge in [-0.1, -0.05) is 6.92 Å². The molecule has 0 aliphatic carbocycles. The Kier molecular flexibility index (Phi) is 3.05. The summed E-state index contributed by atoms with van der Waals surface area (Å²) in [5, 5.41) is 0. The zero-order chi connectivity index (χ0) is 8.97. The first-order valence-corrected chi connectivity index (χ1v) is 4.08. The Morgan fingerprint density at radius 1 is 1.50 bits per heavy atom. The Hall–Kier alpha value is -1.09. The van der Waals surface area contributed by atoms with Gasteiger partial charge >= 0.3 is 0 Å². The standard InChI is InChI=1S/C9H14N2O/c1-8(6-10)7-11-4-2-9(12)3-5-11/h2-5,8H,6-7,10H2,1H3. The minimum Gasteiger partial charge on any atom is -0.354 e. The van der Waals surface area contributed by atoms with Crippen molar-refractivity contribution in [2.24, 2.45) is 11.7 Å². The minimum atomic E-state index is 0.0478. The van der Waals surface area contributed by atoms with E-state index in [1.807, 2.05) is 4.57 Å². The van der Waals surface area contributed by atoms with E-state index >= 15 is 0 Å². The van der Waals surface area contributed by atoms with Crippen LogP contribution in [0, 0.1) is 5.92 Å². The van der Waals surface area contributed by atoms with Crippen LogP contribution in [0.15, 0.2) is 29.3 Å². The molecule has 0 amide bonds. The maximum absolute atomic E-state index is 10.7. The maximum Gasteiger partial charge on any atom is 0.181 e. The van der Waals surface area contributed by atoms with Crippen molar-refractivity contribution in [2.75, 3.05) is 6.54 Å². The fraction of sp³-hybridized carbons (Fsp3) is 0.444. The molecule has 0 bridgehead atoms. The summed E-state index contributed by atoms with van der Waals surface area (Å²) in [7, 11) is 0. The average molecular weight is 166 g/mol. The summed E-state index contributed by atoms with van der Waals surface area (Å²) in [5.74, 6) is 0.451. The van der Waals surface area contributed by atoms with Crippen LogP contribution in [0.2, 0.25) is 0 Å². The smallest absolute Gasteiger partial charge is 0.181 e. The predicted molar refractivity (Wildman–Crippen MR) is 48.9 cm³/mol. The summed E-state index contributed by atoms with van der Waals surface area (Å²) in [4.78, 5) is 10.7. The van der Waals surface area contributed by atoms with Gasteiger partial charge in [-0.15, -0.1) is 0 Å². The molecule has 2 N–H and O–H groups in total. The van der Waals surface area contributed by atoms with E-state index in [1.165, 1.54) is 0 Å². The molecule has 0 spiro atoms. The SMILES string of the molecule is CC(CN)Cn1ccc(=O)cc1. The zero-order valence-electron chi connectivity index (χ0n) is 7.23. The predicted octanol–water partition coefficient (Wildman–Crippen LogP) is 0.443. The number of nitrogens with zero attached hydrogens (tertiary/aromatic N) is 1. The second-order valence-electron chi connectivity index (χ2n) is 3.07. The summed E-state index contributed by atoms with van der Waals surface area (Å²) in [6.07, 6.45) is 3.57. The summed E-state index contributed by atoms with van der Waals surface area (Å²) in [5.41, 5.74) is 5.52. The Morgan fingerprint density at radius 3 is 2.58 bits per heavy atom. The highest BCUT2D eigenvalue weighted by atomic mass is 16.1. The fourth-order valence-corrected chi connectivity index (χ4v) is 1.000. The molecule has 66 valence electrons. The topological polar surface area (TPSA) is 48.0 Å². The molecule has 1 rings (SSSR count). The van der Waals surface area contributed by atoms with Crippen LogP contribution in [-0.2, 0) is 6.54 Å². The highest BCUT2D eigenvalue weighted by molar-refractivity contribution is 4.93. The summed E-state index contributed by atoms with van der Waals surface area (Å²) < 4.78 is 1.97. The first kappa shape index (κ1) is 9.00. The molecule has 12 heavy (non-hydrogen) atoms. The number of nitrogens with two attached hydrogens (primary N) is 1. The van der Waals surface area contributed by atoms with Crippen LogP contribution in [0.4, 0.5) is 0 Å². The van der Waals surface area contributed by atoms with Crippen LogP contribution in [0.1, 0.15) is 6.92 Å². The molecule has 0 aliphatic rings. The van der Waals surface area contributed by atoms with Crippen molar-refractivity contribution in [3.8, 4) is 0 Å². The van der Waals surface area contributed by atoms with Gasteiger partial charge in [0.25, 0.3) is 0 Å². The number of rotatable bonds is 3. The van der Waals surface area contributed by atoms with Gasteiger partial charge < -0.3 is 10.3 Å². The van der Waals surface area contributed by atoms with Crippen molar-refractivity contribution in [3.05, 3.63) is 34.7 Å². The lowest BCUT2D eigenvalue weighted by Gasteiger charge is -2.10. The van der Waals surface area contributed by atoms with Gasteiger partial charge in [-0.25, -0.2) is 0 Å². The molecule has 0 fully saturated rings. The Balaban J connectivity index is 2.64. The number of hydrogen-bond acceptors (Lipinski definition) is 2. The zero-order valence-corrected chi connectivity index (χ0v) is 7.23. The molecule has 0 aliphatic heterocycles. The van der Waals surface area contributed by atoms with Crippen LogP contribution >= 0.6 is 0 Å². The van der Waals surface area contributed by atoms with Gasteiger partial charge in [0.1, 0.15) is 0 Å². The van der Waals surface area contributed by atoms with Gasteiger partial charge in [0.05, 0.1) is 0 Å². The molecule has 0 saturated carbocycles. The lowest BCUT2D eigenvalue weighted by molar-refractivity contribution is 0.490. The van der Waals surface area contributed by atoms with E-state index < -0.39 is 0 Å². The van der Waals surface area contributed by atoms with Crippen molar-refractivity contribution in [1.82, 2.24) is 4.57 Å². The third-order valence-corrected chi connectivity index (χ3v) is 1.79. The summed E-state index contributed by atoms with van der Waals surface area (Å²) >= 11 is 0. The second-order valence-corrected chi connectivity index (χ2v) is 3.07. The third kappa shape index (κ3) is 2.51. The van der Waals surface area contributed by atoms with Crippen molar-refractivity contribution in [3.63, 3.8) is 0 Å². The van der Waals surface area contributed by atoms with E-state index in [2.05, 4.69) is 6.92 Å². The van der Waals surface area contributed by atoms with E-state index in [9.17, 15) is 4.79 Å². The van der Waals surface area contributed by atoms with Gasteiger partial charge in [0.15, 0.2) is 5.43 Å². The van der Waals surface area contributed by atoms with Gasteiger partial charge in [-0.2, -0.15) is 0 Å². The molecule has 1 atom stereocenters. The molecular formula is C9H14N2O. The van der Waals surface area contributed by atoms with Crippen molar-refractivity contribution in [2.45, 2.75) is 13.5 Å². The average Bonchev–Trinajstić information content (AvgIpc) is 2.09. The summed E-state index contributed by atoms with van der Waals surface area (Å²) in [6.45, 7) is 3.63. The van der Waals surface area contributed by atoms with Crippen LogP contribution in [-0.4, -0.2) is 11.1 Å². The molecule has 1 heterocycles. The van der Waals surface area contributed by atoms with Crippen molar-refractivity contribution < 1.29 is 0 Å². The van der Waals surface area contributed by atoms with Crippen molar-refractivity contribution >= 4 is 0 Å². The largest absolute Gasteiger partial charge is 0.354 e. The molecule has 1 aromatic heterocycles. The van der Waals surface area contributed by atoms with Crippen LogP contribution in [0.3, 0.4) is 0 Å². The molecule has 0 radical (unpaired) electrons. The van der Waals surface area contributed by atoms with E-state index in [0.717, 1.165) is 6.54 Å². The number of pyridine rings is 1. The highest BCUT2D eigenvalue weighted by Crippen LogP contribution is 1.96. The lowest BCUT2D eigenvalue weighted by atomic mass is 10.2. The Labute approximate surface area is 71.8 Å². The van der Waals surface area contributed by atoms with Gasteiger partial charge in [-0.3, -0.25) is 4.79 Å². The van der Waals surface area contributed by atoms with E-state index in [4.69, 9.17) is 5.73 Å². The monoisotopic (exact) mass is 166 g/mol. The van der Waals surface area contributed by atoms with Gasteiger partial charge in [0.2, 0.25) is 0 Å². The van der Waals surface area contributed by atoms with Gasteiger partial charge in [0, 0.05) is 31.1 Å². The van der Waals surface area contributed by atoms with E-state index in [-0.39, 0.29) is 5.43 Å². The molecule has 1 unspecified atom stereocenters. The normalized spacial score (nSPS) is 12.8. The maximum atomic E-state index is 10.7. The number of hydrogen-bond donors (Lipinski definition) is 1. The minimum absolute atomic E-state index is 0.0478. The van der Waals surface area contributed by atoms with Crippen LogP contribution < -0.4 is 11.2 Å². The van der Waals surface area contributed by atoms with Crippen LogP contribution in [0.25, 0.3) is 0 Å². The van der Waals surface area contributed by atoms with E-state index in [0.29, 0.717) is 12.5 Å². The Morgan fingerprint density at radius 2 is 2.08 bits per heavy atom. The molecule has 0 aromatic carbocycles. The lowest BCUT2D eigenvalue weighted by Crippen LogP contribution is -2.17. The first-order chi connectivity index (χ1) is 5.72. The second kappa shape index (κ2) is 4.07. The molecule has 3 heteroatoms. The van der Waals surface area contributed by atoms with E-state index in [1.54, 1.807) is 24.5 Å². The first-order valence-electron chi connectivity index (χ1n) is 4.08. The van der Waals surface area contributed by atoms with Crippen molar-refractivity contribution in [1.29, 1.82) is 0 Å². The van der Waals surface area contributed by atoms with Crippen LogP contribution in [0.5, 0.6) is 0 Å². The molecular weight excluding hydrogens is 152 g/mol. The molecule has 3 nitrogen and oxygen atoms in total. The molecule has 1 aromatic rings. The fourth-order valence-electron chi connectivity index (χ4n) is 1.000. The third-order valence-electron chi connectivity index (χ3n) is 1.79.